The Labute approximate surface area is 119 Å². The van der Waals surface area contributed by atoms with Gasteiger partial charge in [0.1, 0.15) is 18.1 Å². The van der Waals surface area contributed by atoms with Crippen LogP contribution >= 0.6 is 23.2 Å². The molecule has 0 saturated heterocycles. The molecule has 1 heterocycles. The second kappa shape index (κ2) is 5.97. The summed E-state index contributed by atoms with van der Waals surface area (Å²) in [5, 5.41) is 0.956. The first-order valence-corrected chi connectivity index (χ1v) is 6.03. The van der Waals surface area contributed by atoms with E-state index in [0.29, 0.717) is 21.6 Å². The standard InChI is InChI=1S/C12H10Cl2N2O3/c13-7-1-3-9(14)11(5-7)18-6-8-2-4-10(19-8)12(17)16-15/h1-5H,6,15H2,(H,16,17). The van der Waals surface area contributed by atoms with Crippen molar-refractivity contribution >= 4 is 29.1 Å². The predicted molar refractivity (Wildman–Crippen MR) is 71.2 cm³/mol. The molecule has 7 heteroatoms. The van der Waals surface area contributed by atoms with E-state index in [1.165, 1.54) is 6.07 Å². The summed E-state index contributed by atoms with van der Waals surface area (Å²) in [6, 6.07) is 8.01. The number of carbonyl (C=O) groups excluding carboxylic acids is 1. The van der Waals surface area contributed by atoms with Crippen LogP contribution < -0.4 is 16.0 Å². The van der Waals surface area contributed by atoms with Crippen molar-refractivity contribution in [3.05, 3.63) is 51.9 Å². The summed E-state index contributed by atoms with van der Waals surface area (Å²) < 4.78 is 10.7. The van der Waals surface area contributed by atoms with Crippen molar-refractivity contribution in [2.75, 3.05) is 0 Å². The van der Waals surface area contributed by atoms with Gasteiger partial charge in [-0.25, -0.2) is 5.84 Å². The van der Waals surface area contributed by atoms with Crippen LogP contribution in [0.5, 0.6) is 5.75 Å². The molecule has 19 heavy (non-hydrogen) atoms. The van der Waals surface area contributed by atoms with E-state index in [0.717, 1.165) is 0 Å². The molecule has 100 valence electrons. The highest BCUT2D eigenvalue weighted by Crippen LogP contribution is 2.28. The maximum Gasteiger partial charge on any atom is 0.300 e. The Kier molecular flexibility index (Phi) is 4.31. The molecular formula is C12H10Cl2N2O3. The van der Waals surface area contributed by atoms with Gasteiger partial charge in [0.2, 0.25) is 0 Å². The van der Waals surface area contributed by atoms with Crippen LogP contribution in [-0.2, 0) is 6.61 Å². The van der Waals surface area contributed by atoms with Gasteiger partial charge in [-0.3, -0.25) is 10.2 Å². The molecule has 0 radical (unpaired) electrons. The summed E-state index contributed by atoms with van der Waals surface area (Å²) >= 11 is 11.8. The van der Waals surface area contributed by atoms with Gasteiger partial charge in [-0.2, -0.15) is 0 Å². The highest BCUT2D eigenvalue weighted by molar-refractivity contribution is 6.34. The molecule has 1 amide bonds. The lowest BCUT2D eigenvalue weighted by molar-refractivity contribution is 0.0922. The molecule has 0 fully saturated rings. The Morgan fingerprint density at radius 1 is 1.32 bits per heavy atom. The lowest BCUT2D eigenvalue weighted by Crippen LogP contribution is -2.29. The summed E-state index contributed by atoms with van der Waals surface area (Å²) in [6.45, 7) is 0.123. The number of nitrogens with one attached hydrogen (secondary N) is 1. The number of nitrogens with two attached hydrogens (primary N) is 1. The Morgan fingerprint density at radius 2 is 2.11 bits per heavy atom. The zero-order chi connectivity index (χ0) is 13.8. The number of carbonyl (C=O) groups is 1. The summed E-state index contributed by atoms with van der Waals surface area (Å²) in [6.07, 6.45) is 0. The Morgan fingerprint density at radius 3 is 2.84 bits per heavy atom. The molecule has 0 saturated carbocycles. The van der Waals surface area contributed by atoms with Gasteiger partial charge >= 0.3 is 5.91 Å². The van der Waals surface area contributed by atoms with Crippen LogP contribution in [0.2, 0.25) is 10.0 Å². The number of hydrazine groups is 1. The Balaban J connectivity index is 2.04. The average molecular weight is 301 g/mol. The van der Waals surface area contributed by atoms with Gasteiger partial charge in [0.15, 0.2) is 5.76 Å². The first kappa shape index (κ1) is 13.7. The zero-order valence-electron chi connectivity index (χ0n) is 9.65. The fourth-order valence-electron chi connectivity index (χ4n) is 1.39. The molecule has 1 aromatic heterocycles. The molecular weight excluding hydrogens is 291 g/mol. The molecule has 5 nitrogen and oxygen atoms in total. The lowest BCUT2D eigenvalue weighted by Gasteiger charge is -2.06. The van der Waals surface area contributed by atoms with Crippen molar-refractivity contribution < 1.29 is 13.9 Å². The van der Waals surface area contributed by atoms with Crippen molar-refractivity contribution in [2.45, 2.75) is 6.61 Å². The number of rotatable bonds is 4. The quantitative estimate of drug-likeness (QED) is 0.517. The number of ether oxygens (including phenoxy) is 1. The molecule has 0 bridgehead atoms. The van der Waals surface area contributed by atoms with Crippen molar-refractivity contribution in [1.29, 1.82) is 0 Å². The first-order chi connectivity index (χ1) is 9.10. The average Bonchev–Trinajstić information content (AvgIpc) is 2.88. The molecule has 0 unspecified atom stereocenters. The minimum absolute atomic E-state index is 0.110. The monoisotopic (exact) mass is 300 g/mol. The maximum absolute atomic E-state index is 11.2. The van der Waals surface area contributed by atoms with Crippen LogP contribution in [0.4, 0.5) is 0 Å². The zero-order valence-corrected chi connectivity index (χ0v) is 11.2. The van der Waals surface area contributed by atoms with Gasteiger partial charge in [0.05, 0.1) is 5.02 Å². The smallest absolute Gasteiger partial charge is 0.300 e. The summed E-state index contributed by atoms with van der Waals surface area (Å²) in [7, 11) is 0. The molecule has 0 spiro atoms. The molecule has 1 aromatic carbocycles. The fraction of sp³-hybridized carbons (Fsp3) is 0.0833. The molecule has 2 rings (SSSR count). The Hall–Kier alpha value is -1.69. The summed E-state index contributed by atoms with van der Waals surface area (Å²) in [5.41, 5.74) is 1.97. The molecule has 2 aromatic rings. The molecule has 3 N–H and O–H groups in total. The predicted octanol–water partition coefficient (Wildman–Crippen LogP) is 2.77. The van der Waals surface area contributed by atoms with Gasteiger partial charge < -0.3 is 9.15 Å². The van der Waals surface area contributed by atoms with Crippen LogP contribution in [0, 0.1) is 0 Å². The highest BCUT2D eigenvalue weighted by atomic mass is 35.5. The third kappa shape index (κ3) is 3.41. The van der Waals surface area contributed by atoms with E-state index in [-0.39, 0.29) is 12.4 Å². The maximum atomic E-state index is 11.2. The lowest BCUT2D eigenvalue weighted by atomic mass is 10.3. The highest BCUT2D eigenvalue weighted by Gasteiger charge is 2.10. The van der Waals surface area contributed by atoms with Gasteiger partial charge in [0, 0.05) is 11.1 Å². The van der Waals surface area contributed by atoms with Gasteiger partial charge in [-0.15, -0.1) is 0 Å². The van der Waals surface area contributed by atoms with E-state index in [4.69, 9.17) is 38.2 Å². The number of hydrogen-bond donors (Lipinski definition) is 2. The summed E-state index contributed by atoms with van der Waals surface area (Å²) in [4.78, 5) is 11.2. The summed E-state index contributed by atoms with van der Waals surface area (Å²) in [5.74, 6) is 5.50. The van der Waals surface area contributed by atoms with Crippen LogP contribution in [0.3, 0.4) is 0 Å². The van der Waals surface area contributed by atoms with Crippen molar-refractivity contribution in [3.8, 4) is 5.75 Å². The minimum Gasteiger partial charge on any atom is -0.484 e. The van der Waals surface area contributed by atoms with Crippen LogP contribution in [0.1, 0.15) is 16.3 Å². The van der Waals surface area contributed by atoms with Gasteiger partial charge in [0.25, 0.3) is 0 Å². The van der Waals surface area contributed by atoms with E-state index in [1.54, 1.807) is 24.3 Å². The minimum atomic E-state index is -0.507. The topological polar surface area (TPSA) is 77.5 Å². The van der Waals surface area contributed by atoms with Crippen molar-refractivity contribution in [2.24, 2.45) is 5.84 Å². The number of hydrogen-bond acceptors (Lipinski definition) is 4. The third-order valence-electron chi connectivity index (χ3n) is 2.28. The number of nitrogen functional groups attached to an aromatic ring is 1. The first-order valence-electron chi connectivity index (χ1n) is 5.27. The largest absolute Gasteiger partial charge is 0.484 e. The fourth-order valence-corrected chi connectivity index (χ4v) is 1.72. The number of halogens is 2. The van der Waals surface area contributed by atoms with E-state index < -0.39 is 5.91 Å². The Bertz CT molecular complexity index is 598. The van der Waals surface area contributed by atoms with E-state index in [9.17, 15) is 4.79 Å². The van der Waals surface area contributed by atoms with Crippen LogP contribution in [-0.4, -0.2) is 5.91 Å². The second-order valence-electron chi connectivity index (χ2n) is 3.60. The number of furan rings is 1. The molecule has 0 atom stereocenters. The third-order valence-corrected chi connectivity index (χ3v) is 2.83. The van der Waals surface area contributed by atoms with Crippen LogP contribution in [0.25, 0.3) is 0 Å². The van der Waals surface area contributed by atoms with Crippen LogP contribution in [0.15, 0.2) is 34.7 Å². The number of benzene rings is 1. The van der Waals surface area contributed by atoms with E-state index >= 15 is 0 Å². The molecule has 0 aliphatic rings. The van der Waals surface area contributed by atoms with E-state index in [2.05, 4.69) is 0 Å². The number of amides is 1. The van der Waals surface area contributed by atoms with Crippen molar-refractivity contribution in [1.82, 2.24) is 5.43 Å². The SMILES string of the molecule is NNC(=O)c1ccc(COc2cc(Cl)ccc2Cl)o1. The van der Waals surface area contributed by atoms with E-state index in [1.807, 2.05) is 5.43 Å². The van der Waals surface area contributed by atoms with Gasteiger partial charge in [-0.05, 0) is 24.3 Å². The molecule has 0 aliphatic heterocycles. The normalized spacial score (nSPS) is 10.3. The molecule has 0 aliphatic carbocycles. The van der Waals surface area contributed by atoms with Gasteiger partial charge in [-0.1, -0.05) is 23.2 Å². The van der Waals surface area contributed by atoms with Crippen molar-refractivity contribution in [3.63, 3.8) is 0 Å². The second-order valence-corrected chi connectivity index (χ2v) is 4.45.